The molecule has 2 atom stereocenters. The molecular weight excluding hydrogens is 690 g/mol. The number of carbonyl (C=O) groups excluding carboxylic acids is 2. The Kier molecular flexibility index (Phi) is 16.8. The second-order valence-corrected chi connectivity index (χ2v) is 10.5. The molecule has 0 bridgehead atoms. The van der Waals surface area contributed by atoms with Gasteiger partial charge in [0, 0.05) is 48.8 Å². The minimum atomic E-state index is -1.10. The lowest BCUT2D eigenvalue weighted by Crippen LogP contribution is -2.47. The van der Waals surface area contributed by atoms with Crippen molar-refractivity contribution in [1.29, 1.82) is 5.41 Å². The minimum Gasteiger partial charge on any atom is -0.494 e. The topological polar surface area (TPSA) is 292 Å². The van der Waals surface area contributed by atoms with E-state index >= 15 is 0 Å². The van der Waals surface area contributed by atoms with Gasteiger partial charge in [0.1, 0.15) is 0 Å². The molecule has 2 amide bonds. The van der Waals surface area contributed by atoms with Crippen molar-refractivity contribution in [2.45, 2.75) is 31.9 Å². The van der Waals surface area contributed by atoms with Crippen LogP contribution in [0.3, 0.4) is 0 Å². The first-order valence-electron chi connectivity index (χ1n) is 15.3. The van der Waals surface area contributed by atoms with Crippen molar-refractivity contribution >= 4 is 47.9 Å². The number of nitrogens with one attached hydrogen (secondary N) is 5. The zero-order valence-corrected chi connectivity index (χ0v) is 28.1. The van der Waals surface area contributed by atoms with Gasteiger partial charge in [-0.25, -0.2) is 14.4 Å². The number of guanidine groups is 1. The number of aliphatic hydroxyl groups excluding tert-OH is 1. The van der Waals surface area contributed by atoms with Gasteiger partial charge >= 0.3 is 0 Å². The molecule has 0 aliphatic rings. The molecule has 0 radical (unpaired) electrons. The number of aliphatic hydroxyl groups is 1. The first kappa shape index (κ1) is 41.8. The smallest absolute Gasteiger partial charge is 0.290 e. The molecule has 280 valence electrons. The van der Waals surface area contributed by atoms with Crippen LogP contribution in [0.5, 0.6) is 5.75 Å². The molecule has 0 aliphatic carbocycles. The molecule has 4 rings (SSSR count). The molecule has 2 aromatic carbocycles. The van der Waals surface area contributed by atoms with Crippen molar-refractivity contribution in [2.24, 2.45) is 11.5 Å². The van der Waals surface area contributed by atoms with Crippen molar-refractivity contribution in [3.05, 3.63) is 71.7 Å². The van der Waals surface area contributed by atoms with Gasteiger partial charge in [0.15, 0.2) is 29.0 Å². The zero-order valence-electron chi connectivity index (χ0n) is 28.1. The fourth-order valence-corrected chi connectivity index (χ4v) is 4.64. The lowest BCUT2D eigenvalue weighted by Gasteiger charge is -2.17. The second kappa shape index (κ2) is 21.0. The first-order chi connectivity index (χ1) is 24.9. The number of nitrogens with zero attached hydrogens (tertiary/aromatic N) is 3. The van der Waals surface area contributed by atoms with E-state index in [1.54, 1.807) is 28.8 Å². The molecule has 52 heavy (non-hydrogen) atoms. The molecule has 0 unspecified atom stereocenters. The van der Waals surface area contributed by atoms with Crippen LogP contribution in [0.15, 0.2) is 48.9 Å². The SMILES string of the molecule is CCc1cc(Nc2nccn3c(-c4ccc(OC)c(F)c4F)cnc23)ccc1C(=O)NC[C@@H](O)CNC(=O)[C@H](N)CCNC(=N)N.O=CO.O=CO. The van der Waals surface area contributed by atoms with Crippen LogP contribution in [-0.2, 0) is 20.8 Å². The van der Waals surface area contributed by atoms with Gasteiger partial charge in [0.25, 0.3) is 18.9 Å². The number of ether oxygens (including phenoxy) is 1. The number of halogens is 2. The lowest BCUT2D eigenvalue weighted by atomic mass is 10.0. The maximum absolute atomic E-state index is 14.8. The van der Waals surface area contributed by atoms with Gasteiger partial charge in [-0.2, -0.15) is 4.39 Å². The van der Waals surface area contributed by atoms with Crippen molar-refractivity contribution in [3.63, 3.8) is 0 Å². The van der Waals surface area contributed by atoms with E-state index < -0.39 is 35.6 Å². The molecular formula is C32H40F2N10O8. The summed E-state index contributed by atoms with van der Waals surface area (Å²) in [6.07, 6.45) is 4.18. The van der Waals surface area contributed by atoms with Crippen molar-refractivity contribution < 1.29 is 48.0 Å². The number of hydrogen-bond donors (Lipinski definition) is 10. The Morgan fingerprint density at radius 3 is 2.37 bits per heavy atom. The summed E-state index contributed by atoms with van der Waals surface area (Å²) in [7, 11) is 1.26. The summed E-state index contributed by atoms with van der Waals surface area (Å²) in [6, 6.07) is 6.99. The lowest BCUT2D eigenvalue weighted by molar-refractivity contribution is -0.123. The Morgan fingerprint density at radius 2 is 1.73 bits per heavy atom. The number of anilines is 2. The quantitative estimate of drug-likeness (QED) is 0.0488. The van der Waals surface area contributed by atoms with Gasteiger partial charge in [-0.3, -0.25) is 29.0 Å². The summed E-state index contributed by atoms with van der Waals surface area (Å²) in [5.74, 6) is -3.14. The van der Waals surface area contributed by atoms with E-state index in [9.17, 15) is 23.5 Å². The highest BCUT2D eigenvalue weighted by Gasteiger charge is 2.20. The third-order valence-electron chi connectivity index (χ3n) is 7.08. The number of rotatable bonds is 14. The van der Waals surface area contributed by atoms with Gasteiger partial charge < -0.3 is 52.8 Å². The molecule has 12 N–H and O–H groups in total. The molecule has 18 nitrogen and oxygen atoms in total. The van der Waals surface area contributed by atoms with Gasteiger partial charge in [-0.15, -0.1) is 0 Å². The number of carboxylic acid groups (broad SMARTS) is 2. The van der Waals surface area contributed by atoms with E-state index in [0.717, 1.165) is 0 Å². The van der Waals surface area contributed by atoms with Crippen molar-refractivity contribution in [2.75, 3.05) is 32.1 Å². The van der Waals surface area contributed by atoms with Crippen LogP contribution in [0.2, 0.25) is 0 Å². The van der Waals surface area contributed by atoms with Crippen LogP contribution in [0, 0.1) is 17.0 Å². The molecule has 20 heteroatoms. The number of aromatic nitrogens is 3. The van der Waals surface area contributed by atoms with Crippen LogP contribution < -0.4 is 37.5 Å². The number of hydrogen-bond acceptors (Lipinski definition) is 11. The maximum Gasteiger partial charge on any atom is 0.290 e. The number of fused-ring (bicyclic) bond motifs is 1. The number of aryl methyl sites for hydroxylation is 1. The minimum absolute atomic E-state index is 0.00126. The van der Waals surface area contributed by atoms with Crippen LogP contribution in [0.25, 0.3) is 16.9 Å². The molecule has 2 heterocycles. The van der Waals surface area contributed by atoms with Crippen molar-refractivity contribution in [3.8, 4) is 17.0 Å². The third kappa shape index (κ3) is 11.6. The Labute approximate surface area is 295 Å². The Hall–Kier alpha value is -6.41. The summed E-state index contributed by atoms with van der Waals surface area (Å²) < 4.78 is 35.6. The van der Waals surface area contributed by atoms with Gasteiger partial charge in [0.2, 0.25) is 11.7 Å². The molecule has 0 spiro atoms. The third-order valence-corrected chi connectivity index (χ3v) is 7.08. The van der Waals surface area contributed by atoms with E-state index in [1.165, 1.54) is 31.6 Å². The number of amides is 2. The Balaban J connectivity index is 0.00000146. The average Bonchev–Trinajstić information content (AvgIpc) is 3.56. The molecule has 0 saturated carbocycles. The standard InChI is InChI=1S/C30H36F2N10O4.2CH2O2/c1-3-16-12-17(4-5-19(16)28(44)39-13-18(43)14-40-29(45)21(33)8-9-37-30(34)35)41-26-27-38-15-22(42(27)11-10-36-26)20-6-7-23(46-2)25(32)24(20)31;2*2-1-3/h4-7,10-12,15,18,21,43H,3,8-9,13-14,33H2,1-2H3,(H,36,41)(H,39,44)(H,40,45)(H4,34,35,37);2*1H,(H,2,3)/t18-,21-;;/m1../s1. The van der Waals surface area contributed by atoms with E-state index in [2.05, 4.69) is 31.2 Å². The maximum atomic E-state index is 14.8. The summed E-state index contributed by atoms with van der Waals surface area (Å²) in [4.78, 5) is 50.5. The van der Waals surface area contributed by atoms with Crippen molar-refractivity contribution in [1.82, 2.24) is 30.3 Å². The van der Waals surface area contributed by atoms with E-state index in [1.807, 2.05) is 6.92 Å². The summed E-state index contributed by atoms with van der Waals surface area (Å²) in [5.41, 5.74) is 13.4. The fourth-order valence-electron chi connectivity index (χ4n) is 4.64. The molecule has 4 aromatic rings. The normalized spacial score (nSPS) is 11.3. The van der Waals surface area contributed by atoms with Gasteiger partial charge in [-0.1, -0.05) is 6.92 Å². The van der Waals surface area contributed by atoms with Gasteiger partial charge in [-0.05, 0) is 48.7 Å². The second-order valence-electron chi connectivity index (χ2n) is 10.5. The molecule has 0 fully saturated rings. The largest absolute Gasteiger partial charge is 0.494 e. The van der Waals surface area contributed by atoms with Crippen LogP contribution in [0.4, 0.5) is 20.3 Å². The highest BCUT2D eigenvalue weighted by Crippen LogP contribution is 2.31. The monoisotopic (exact) mass is 730 g/mol. The highest BCUT2D eigenvalue weighted by atomic mass is 19.2. The molecule has 2 aromatic heterocycles. The molecule has 0 saturated heterocycles. The van der Waals surface area contributed by atoms with E-state index in [-0.39, 0.29) is 56.3 Å². The first-order valence-corrected chi connectivity index (χ1v) is 15.3. The van der Waals surface area contributed by atoms with Crippen LogP contribution in [0.1, 0.15) is 29.3 Å². The molecule has 0 aliphatic heterocycles. The fraction of sp³-hybridized carbons (Fsp3) is 0.281. The Morgan fingerprint density at radius 1 is 1.06 bits per heavy atom. The van der Waals surface area contributed by atoms with E-state index in [0.29, 0.717) is 40.4 Å². The number of carbonyl (C=O) groups is 4. The average molecular weight is 731 g/mol. The zero-order chi connectivity index (χ0) is 38.8. The highest BCUT2D eigenvalue weighted by molar-refractivity contribution is 5.96. The van der Waals surface area contributed by atoms with Crippen LogP contribution >= 0.6 is 0 Å². The predicted molar refractivity (Wildman–Crippen MR) is 185 cm³/mol. The summed E-state index contributed by atoms with van der Waals surface area (Å²) in [6.45, 7) is 1.40. The Bertz CT molecular complexity index is 1840. The summed E-state index contributed by atoms with van der Waals surface area (Å²) in [5, 5.41) is 42.1. The number of methoxy groups -OCH3 is 1. The summed E-state index contributed by atoms with van der Waals surface area (Å²) >= 11 is 0. The number of imidazole rings is 1. The number of benzene rings is 2. The van der Waals surface area contributed by atoms with Gasteiger partial charge in [0.05, 0.1) is 31.1 Å². The van der Waals surface area contributed by atoms with E-state index in [4.69, 9.17) is 41.4 Å². The predicted octanol–water partition coefficient (Wildman–Crippen LogP) is 0.798. The van der Waals surface area contributed by atoms with Crippen LogP contribution in [-0.4, -0.2) is 99.3 Å². The number of nitrogens with two attached hydrogens (primary N) is 2.